The summed E-state index contributed by atoms with van der Waals surface area (Å²) in [5, 5.41) is 8.60. The number of anilines is 1. The van der Waals surface area contributed by atoms with E-state index in [9.17, 15) is 4.79 Å². The molecule has 1 aliphatic heterocycles. The Morgan fingerprint density at radius 3 is 2.52 bits per heavy atom. The summed E-state index contributed by atoms with van der Waals surface area (Å²) in [6.07, 6.45) is -0.300. The third kappa shape index (κ3) is 2.73. The van der Waals surface area contributed by atoms with Gasteiger partial charge in [-0.2, -0.15) is 5.10 Å². The molecule has 27 heavy (non-hydrogen) atoms. The average molecular weight is 355 g/mol. The van der Waals surface area contributed by atoms with E-state index in [0.29, 0.717) is 13.2 Å². The van der Waals surface area contributed by atoms with Crippen LogP contribution in [0.1, 0.15) is 0 Å². The van der Waals surface area contributed by atoms with Gasteiger partial charge in [0.1, 0.15) is 6.61 Å². The van der Waals surface area contributed by atoms with Gasteiger partial charge in [-0.1, -0.05) is 48.5 Å². The number of aromatic amines is 1. The van der Waals surface area contributed by atoms with Crippen LogP contribution in [0.5, 0.6) is 0 Å². The second-order valence-corrected chi connectivity index (χ2v) is 6.51. The smallest absolute Gasteiger partial charge is 0.414 e. The Labute approximate surface area is 156 Å². The van der Waals surface area contributed by atoms with E-state index in [1.165, 1.54) is 5.56 Å². The predicted octanol–water partition coefficient (Wildman–Crippen LogP) is 4.85. The van der Waals surface area contributed by atoms with Gasteiger partial charge in [-0.05, 0) is 35.4 Å². The topological polar surface area (TPSA) is 58.2 Å². The molecule has 0 bridgehead atoms. The first kappa shape index (κ1) is 15.6. The number of fused-ring (bicyclic) bond motifs is 1. The molecule has 1 aliphatic rings. The van der Waals surface area contributed by atoms with Gasteiger partial charge in [0.2, 0.25) is 0 Å². The van der Waals surface area contributed by atoms with Gasteiger partial charge in [-0.3, -0.25) is 10.00 Å². The summed E-state index contributed by atoms with van der Waals surface area (Å²) in [6.45, 7) is 0.995. The maximum absolute atomic E-state index is 11.9. The zero-order valence-corrected chi connectivity index (χ0v) is 14.6. The molecule has 1 N–H and O–H groups in total. The standard InChI is InChI=1S/C22H17N3O2/c26-22-25(11-12-27-22)18-9-10-20-19(14-18)21(24-23-20)17-8-4-7-16(13-17)15-5-2-1-3-6-15/h1-10,13-14H,11-12H2,(H,23,24). The number of H-pyrrole nitrogens is 1. The second-order valence-electron chi connectivity index (χ2n) is 6.51. The molecule has 5 heteroatoms. The maximum Gasteiger partial charge on any atom is 0.414 e. The summed E-state index contributed by atoms with van der Waals surface area (Å²) < 4.78 is 5.06. The van der Waals surface area contributed by atoms with E-state index in [1.54, 1.807) is 4.90 Å². The highest BCUT2D eigenvalue weighted by molar-refractivity contribution is 5.98. The third-order valence-corrected chi connectivity index (χ3v) is 4.86. The van der Waals surface area contributed by atoms with Gasteiger partial charge in [-0.25, -0.2) is 4.79 Å². The number of hydrogen-bond acceptors (Lipinski definition) is 3. The minimum Gasteiger partial charge on any atom is -0.447 e. The molecule has 0 aliphatic carbocycles. The quantitative estimate of drug-likeness (QED) is 0.571. The number of carbonyl (C=O) groups excluding carboxylic acids is 1. The lowest BCUT2D eigenvalue weighted by molar-refractivity contribution is 0.181. The van der Waals surface area contributed by atoms with Crippen LogP contribution in [-0.2, 0) is 4.74 Å². The van der Waals surface area contributed by atoms with E-state index >= 15 is 0 Å². The zero-order chi connectivity index (χ0) is 18.2. The van der Waals surface area contributed by atoms with Crippen LogP contribution in [0, 0.1) is 0 Å². The Hall–Kier alpha value is -3.60. The molecule has 0 radical (unpaired) electrons. The molecule has 1 aromatic heterocycles. The van der Waals surface area contributed by atoms with Gasteiger partial charge in [0.25, 0.3) is 0 Å². The van der Waals surface area contributed by atoms with Gasteiger partial charge in [0.05, 0.1) is 17.8 Å². The van der Waals surface area contributed by atoms with Crippen LogP contribution >= 0.6 is 0 Å². The Morgan fingerprint density at radius 1 is 0.889 bits per heavy atom. The number of rotatable bonds is 3. The first-order valence-electron chi connectivity index (χ1n) is 8.88. The molecule has 1 fully saturated rings. The van der Waals surface area contributed by atoms with Crippen LogP contribution in [0.15, 0.2) is 72.8 Å². The van der Waals surface area contributed by atoms with Gasteiger partial charge in [0, 0.05) is 16.6 Å². The summed E-state index contributed by atoms with van der Waals surface area (Å²) in [7, 11) is 0. The molecular formula is C22H17N3O2. The van der Waals surface area contributed by atoms with Crippen LogP contribution in [0.2, 0.25) is 0 Å². The summed E-state index contributed by atoms with van der Waals surface area (Å²) in [4.78, 5) is 13.5. The van der Waals surface area contributed by atoms with Crippen molar-refractivity contribution in [1.29, 1.82) is 0 Å². The number of hydrogen-bond donors (Lipinski definition) is 1. The molecule has 3 aromatic carbocycles. The lowest BCUT2D eigenvalue weighted by Gasteiger charge is -2.12. The number of ether oxygens (including phenoxy) is 1. The summed E-state index contributed by atoms with van der Waals surface area (Å²) in [6, 6.07) is 24.5. The van der Waals surface area contributed by atoms with Crippen molar-refractivity contribution in [2.75, 3.05) is 18.1 Å². The molecule has 0 saturated carbocycles. The Morgan fingerprint density at radius 2 is 1.70 bits per heavy atom. The van der Waals surface area contributed by atoms with Crippen molar-refractivity contribution in [2.24, 2.45) is 0 Å². The molecule has 0 atom stereocenters. The normalized spacial score (nSPS) is 13.9. The van der Waals surface area contributed by atoms with E-state index in [1.807, 2.05) is 42.5 Å². The van der Waals surface area contributed by atoms with Gasteiger partial charge < -0.3 is 4.74 Å². The highest BCUT2D eigenvalue weighted by Gasteiger charge is 2.24. The van der Waals surface area contributed by atoms with Crippen LogP contribution in [0.3, 0.4) is 0 Å². The molecule has 0 spiro atoms. The fraction of sp³-hybridized carbons (Fsp3) is 0.0909. The number of carbonyl (C=O) groups is 1. The van der Waals surface area contributed by atoms with Crippen LogP contribution in [-0.4, -0.2) is 29.4 Å². The number of nitrogens with one attached hydrogen (secondary N) is 1. The Balaban J connectivity index is 1.60. The maximum atomic E-state index is 11.9. The second kappa shape index (κ2) is 6.29. The van der Waals surface area contributed by atoms with Gasteiger partial charge in [0.15, 0.2) is 0 Å². The van der Waals surface area contributed by atoms with E-state index in [2.05, 4.69) is 40.5 Å². The van der Waals surface area contributed by atoms with Crippen molar-refractivity contribution in [3.05, 3.63) is 72.8 Å². The largest absolute Gasteiger partial charge is 0.447 e. The molecule has 0 unspecified atom stereocenters. The SMILES string of the molecule is O=C1OCCN1c1ccc2[nH]nc(-c3cccc(-c4ccccc4)c3)c2c1. The molecule has 2 heterocycles. The van der Waals surface area contributed by atoms with Crippen molar-refractivity contribution in [1.82, 2.24) is 10.2 Å². The molecular weight excluding hydrogens is 338 g/mol. The van der Waals surface area contributed by atoms with E-state index in [0.717, 1.165) is 33.4 Å². The predicted molar refractivity (Wildman–Crippen MR) is 106 cm³/mol. The van der Waals surface area contributed by atoms with E-state index < -0.39 is 0 Å². The summed E-state index contributed by atoms with van der Waals surface area (Å²) in [5.41, 5.74) is 5.97. The number of benzene rings is 3. The summed E-state index contributed by atoms with van der Waals surface area (Å²) >= 11 is 0. The minimum atomic E-state index is -0.300. The molecule has 5 rings (SSSR count). The Bertz CT molecular complexity index is 1130. The Kier molecular flexibility index (Phi) is 3.64. The minimum absolute atomic E-state index is 0.300. The fourth-order valence-corrected chi connectivity index (χ4v) is 3.49. The van der Waals surface area contributed by atoms with Crippen molar-refractivity contribution in [3.8, 4) is 22.4 Å². The van der Waals surface area contributed by atoms with Crippen molar-refractivity contribution < 1.29 is 9.53 Å². The highest BCUT2D eigenvalue weighted by Crippen LogP contribution is 2.32. The van der Waals surface area contributed by atoms with Gasteiger partial charge >= 0.3 is 6.09 Å². The highest BCUT2D eigenvalue weighted by atomic mass is 16.6. The van der Waals surface area contributed by atoms with Gasteiger partial charge in [-0.15, -0.1) is 0 Å². The summed E-state index contributed by atoms with van der Waals surface area (Å²) in [5.74, 6) is 0. The molecule has 1 amide bonds. The van der Waals surface area contributed by atoms with Crippen molar-refractivity contribution >= 4 is 22.7 Å². The first-order valence-corrected chi connectivity index (χ1v) is 8.88. The number of amides is 1. The average Bonchev–Trinajstić information content (AvgIpc) is 3.34. The first-order chi connectivity index (χ1) is 13.3. The van der Waals surface area contributed by atoms with Crippen LogP contribution in [0.4, 0.5) is 10.5 Å². The van der Waals surface area contributed by atoms with Crippen molar-refractivity contribution in [2.45, 2.75) is 0 Å². The lowest BCUT2D eigenvalue weighted by Crippen LogP contribution is -2.23. The van der Waals surface area contributed by atoms with Crippen LogP contribution in [0.25, 0.3) is 33.3 Å². The molecule has 132 valence electrons. The number of nitrogens with zero attached hydrogens (tertiary/aromatic N) is 2. The number of aromatic nitrogens is 2. The lowest BCUT2D eigenvalue weighted by atomic mass is 10.0. The van der Waals surface area contributed by atoms with Crippen molar-refractivity contribution in [3.63, 3.8) is 0 Å². The van der Waals surface area contributed by atoms with Crippen LogP contribution < -0.4 is 4.90 Å². The van der Waals surface area contributed by atoms with E-state index in [4.69, 9.17) is 4.74 Å². The third-order valence-electron chi connectivity index (χ3n) is 4.86. The monoisotopic (exact) mass is 355 g/mol. The number of cyclic esters (lactones) is 1. The zero-order valence-electron chi connectivity index (χ0n) is 14.6. The molecule has 5 nitrogen and oxygen atoms in total. The fourth-order valence-electron chi connectivity index (χ4n) is 3.49. The molecule has 1 saturated heterocycles. The molecule has 4 aromatic rings. The van der Waals surface area contributed by atoms with E-state index in [-0.39, 0.29) is 6.09 Å².